The number of nitrogens with zero attached hydrogens (tertiary/aromatic N) is 2. The van der Waals surface area contributed by atoms with Gasteiger partial charge in [0, 0.05) is 12.1 Å². The van der Waals surface area contributed by atoms with Gasteiger partial charge in [-0.2, -0.15) is 0 Å². The fraction of sp³-hybridized carbons (Fsp3) is 0.214. The number of rotatable bonds is 2. The van der Waals surface area contributed by atoms with Crippen LogP contribution < -0.4 is 10.6 Å². The molecule has 0 saturated heterocycles. The van der Waals surface area contributed by atoms with Crippen molar-refractivity contribution in [2.45, 2.75) is 13.0 Å². The van der Waals surface area contributed by atoms with E-state index in [1.54, 1.807) is 6.07 Å². The van der Waals surface area contributed by atoms with Crippen LogP contribution in [0, 0.1) is 0 Å². The lowest BCUT2D eigenvalue weighted by Crippen LogP contribution is -2.26. The van der Waals surface area contributed by atoms with Crippen LogP contribution in [0.25, 0.3) is 0 Å². The smallest absolute Gasteiger partial charge is 0.257 e. The fourth-order valence-corrected chi connectivity index (χ4v) is 2.63. The minimum atomic E-state index is -0.245. The standard InChI is InChI=1S/C14H12Cl2N4O/c15-11-12(16)18-7-19-13(11)20-14(21)10-3-1-2-8-6-17-5-4-9(8)10/h1-3,7,17H,4-6H2,(H,18,19,20,21). The Bertz CT molecular complexity index is 705. The number of nitrogens with one attached hydrogen (secondary N) is 2. The number of benzene rings is 1. The quantitative estimate of drug-likeness (QED) is 0.834. The molecule has 0 aliphatic carbocycles. The van der Waals surface area contributed by atoms with Crippen molar-refractivity contribution in [2.24, 2.45) is 0 Å². The number of carbonyl (C=O) groups is 1. The van der Waals surface area contributed by atoms with E-state index in [1.807, 2.05) is 12.1 Å². The monoisotopic (exact) mass is 322 g/mol. The molecule has 0 atom stereocenters. The van der Waals surface area contributed by atoms with E-state index in [2.05, 4.69) is 20.6 Å². The zero-order valence-electron chi connectivity index (χ0n) is 11.0. The fourth-order valence-electron chi connectivity index (χ4n) is 2.36. The van der Waals surface area contributed by atoms with Crippen molar-refractivity contribution in [3.63, 3.8) is 0 Å². The maximum Gasteiger partial charge on any atom is 0.257 e. The third-order valence-electron chi connectivity index (χ3n) is 3.36. The van der Waals surface area contributed by atoms with Gasteiger partial charge in [0.15, 0.2) is 11.0 Å². The minimum absolute atomic E-state index is 0.112. The van der Waals surface area contributed by atoms with E-state index in [0.717, 1.165) is 30.6 Å². The highest BCUT2D eigenvalue weighted by Crippen LogP contribution is 2.26. The zero-order chi connectivity index (χ0) is 14.8. The number of anilines is 1. The molecule has 0 radical (unpaired) electrons. The first-order valence-corrected chi connectivity index (χ1v) is 7.21. The molecule has 2 aromatic rings. The summed E-state index contributed by atoms with van der Waals surface area (Å²) in [5, 5.41) is 6.22. The van der Waals surface area contributed by atoms with Gasteiger partial charge >= 0.3 is 0 Å². The Morgan fingerprint density at radius 1 is 1.29 bits per heavy atom. The summed E-state index contributed by atoms with van der Waals surface area (Å²) in [6.07, 6.45) is 2.07. The Labute approximate surface area is 131 Å². The highest BCUT2D eigenvalue weighted by molar-refractivity contribution is 6.43. The van der Waals surface area contributed by atoms with Crippen molar-refractivity contribution in [3.8, 4) is 0 Å². The molecule has 2 N–H and O–H groups in total. The molecule has 1 amide bonds. The number of halogens is 2. The zero-order valence-corrected chi connectivity index (χ0v) is 12.5. The van der Waals surface area contributed by atoms with Crippen LogP contribution in [0.15, 0.2) is 24.5 Å². The number of aromatic nitrogens is 2. The second kappa shape index (κ2) is 5.97. The van der Waals surface area contributed by atoms with Gasteiger partial charge in [0.05, 0.1) is 0 Å². The van der Waals surface area contributed by atoms with Crippen LogP contribution in [-0.2, 0) is 13.0 Å². The highest BCUT2D eigenvalue weighted by atomic mass is 35.5. The van der Waals surface area contributed by atoms with Crippen LogP contribution in [0.4, 0.5) is 5.82 Å². The van der Waals surface area contributed by atoms with Gasteiger partial charge in [-0.1, -0.05) is 35.3 Å². The summed E-state index contributed by atoms with van der Waals surface area (Å²) in [6.45, 7) is 1.63. The van der Waals surface area contributed by atoms with Crippen LogP contribution in [0.2, 0.25) is 10.2 Å². The summed E-state index contributed by atoms with van der Waals surface area (Å²) in [6, 6.07) is 5.69. The molecule has 0 spiro atoms. The van der Waals surface area contributed by atoms with Crippen molar-refractivity contribution < 1.29 is 4.79 Å². The second-order valence-corrected chi connectivity index (χ2v) is 5.39. The Morgan fingerprint density at radius 3 is 3.00 bits per heavy atom. The van der Waals surface area contributed by atoms with Crippen molar-refractivity contribution in [1.82, 2.24) is 15.3 Å². The SMILES string of the molecule is O=C(Nc1ncnc(Cl)c1Cl)c1cccc2c1CCNC2. The van der Waals surface area contributed by atoms with Gasteiger partial charge in [-0.05, 0) is 30.2 Å². The molecule has 1 aliphatic heterocycles. The molecule has 0 fully saturated rings. The van der Waals surface area contributed by atoms with Gasteiger partial charge in [0.2, 0.25) is 0 Å². The van der Waals surface area contributed by atoms with Gasteiger partial charge in [-0.25, -0.2) is 9.97 Å². The Morgan fingerprint density at radius 2 is 2.14 bits per heavy atom. The summed E-state index contributed by atoms with van der Waals surface area (Å²) in [4.78, 5) is 20.2. The van der Waals surface area contributed by atoms with Crippen molar-refractivity contribution in [2.75, 3.05) is 11.9 Å². The molecular formula is C14H12Cl2N4O. The second-order valence-electron chi connectivity index (χ2n) is 4.65. The molecule has 3 rings (SSSR count). The molecule has 0 saturated carbocycles. The van der Waals surface area contributed by atoms with Crippen molar-refractivity contribution >= 4 is 34.9 Å². The van der Waals surface area contributed by atoms with Crippen molar-refractivity contribution in [1.29, 1.82) is 0 Å². The van der Waals surface area contributed by atoms with Crippen LogP contribution in [0.3, 0.4) is 0 Å². The predicted octanol–water partition coefficient (Wildman–Crippen LogP) is 2.68. The van der Waals surface area contributed by atoms with Crippen LogP contribution >= 0.6 is 23.2 Å². The molecule has 1 aromatic heterocycles. The lowest BCUT2D eigenvalue weighted by molar-refractivity contribution is 0.102. The Kier molecular flexibility index (Phi) is 4.05. The van der Waals surface area contributed by atoms with Crippen LogP contribution in [-0.4, -0.2) is 22.4 Å². The van der Waals surface area contributed by atoms with Gasteiger partial charge in [-0.3, -0.25) is 4.79 Å². The van der Waals surface area contributed by atoms with E-state index in [1.165, 1.54) is 6.33 Å². The van der Waals surface area contributed by atoms with E-state index >= 15 is 0 Å². The van der Waals surface area contributed by atoms with Crippen LogP contribution in [0.1, 0.15) is 21.5 Å². The largest absolute Gasteiger partial charge is 0.312 e. The summed E-state index contributed by atoms with van der Waals surface area (Å²) in [5.74, 6) is -0.0291. The number of hydrogen-bond acceptors (Lipinski definition) is 4. The number of hydrogen-bond donors (Lipinski definition) is 2. The molecule has 108 valence electrons. The molecule has 2 heterocycles. The first kappa shape index (κ1) is 14.3. The Balaban J connectivity index is 1.91. The van der Waals surface area contributed by atoms with Gasteiger partial charge in [-0.15, -0.1) is 0 Å². The first-order chi connectivity index (χ1) is 10.2. The van der Waals surface area contributed by atoms with E-state index in [9.17, 15) is 4.79 Å². The molecule has 0 bridgehead atoms. The molecule has 1 aromatic carbocycles. The Hall–Kier alpha value is -1.69. The topological polar surface area (TPSA) is 66.9 Å². The number of fused-ring (bicyclic) bond motifs is 1. The third-order valence-corrected chi connectivity index (χ3v) is 4.11. The molecule has 1 aliphatic rings. The predicted molar refractivity (Wildman–Crippen MR) is 81.9 cm³/mol. The molecular weight excluding hydrogens is 311 g/mol. The molecule has 7 heteroatoms. The van der Waals surface area contributed by atoms with E-state index in [4.69, 9.17) is 23.2 Å². The molecule has 21 heavy (non-hydrogen) atoms. The first-order valence-electron chi connectivity index (χ1n) is 6.45. The maximum atomic E-state index is 12.5. The summed E-state index contributed by atoms with van der Waals surface area (Å²) >= 11 is 11.8. The third kappa shape index (κ3) is 2.85. The van der Waals surface area contributed by atoms with E-state index in [-0.39, 0.29) is 21.9 Å². The summed E-state index contributed by atoms with van der Waals surface area (Å²) in [5.41, 5.74) is 2.84. The lowest BCUT2D eigenvalue weighted by atomic mass is 9.95. The summed E-state index contributed by atoms with van der Waals surface area (Å²) < 4.78 is 0. The van der Waals surface area contributed by atoms with Gasteiger partial charge in [0.25, 0.3) is 5.91 Å². The highest BCUT2D eigenvalue weighted by Gasteiger charge is 2.19. The van der Waals surface area contributed by atoms with E-state index in [0.29, 0.717) is 5.56 Å². The minimum Gasteiger partial charge on any atom is -0.312 e. The van der Waals surface area contributed by atoms with Gasteiger partial charge < -0.3 is 10.6 Å². The maximum absolute atomic E-state index is 12.5. The lowest BCUT2D eigenvalue weighted by Gasteiger charge is -2.19. The molecule has 5 nitrogen and oxygen atoms in total. The summed E-state index contributed by atoms with van der Waals surface area (Å²) in [7, 11) is 0. The number of carbonyl (C=O) groups excluding carboxylic acids is 1. The molecule has 0 unspecified atom stereocenters. The van der Waals surface area contributed by atoms with E-state index < -0.39 is 0 Å². The average Bonchev–Trinajstić information content (AvgIpc) is 2.51. The average molecular weight is 323 g/mol. The van der Waals surface area contributed by atoms with Gasteiger partial charge in [0.1, 0.15) is 11.3 Å². The van der Waals surface area contributed by atoms with Crippen LogP contribution in [0.5, 0.6) is 0 Å². The number of amides is 1. The van der Waals surface area contributed by atoms with Crippen molar-refractivity contribution in [3.05, 3.63) is 51.4 Å². The normalized spacial score (nSPS) is 13.6.